The molecule has 1 aliphatic heterocycles. The molecule has 176 valence electrons. The smallest absolute Gasteiger partial charge is 0.407 e. The minimum Gasteiger partial charge on any atom is -0.465 e. The number of carbonyl (C=O) groups is 2. The molecule has 1 N–H and O–H groups in total. The zero-order chi connectivity index (χ0) is 24.2. The van der Waals surface area contributed by atoms with E-state index in [9.17, 15) is 19.1 Å². The van der Waals surface area contributed by atoms with E-state index in [0.29, 0.717) is 25.2 Å². The molecule has 0 radical (unpaired) electrons. The maximum atomic E-state index is 13.2. The molecule has 1 atom stereocenters. The highest BCUT2D eigenvalue weighted by Crippen LogP contribution is 2.23. The first-order chi connectivity index (χ1) is 16.3. The van der Waals surface area contributed by atoms with Gasteiger partial charge in [0.1, 0.15) is 5.82 Å². The molecular formula is C27H28FN3O3. The summed E-state index contributed by atoms with van der Waals surface area (Å²) in [4.78, 5) is 29.7. The lowest BCUT2D eigenvalue weighted by Gasteiger charge is -2.38. The van der Waals surface area contributed by atoms with Gasteiger partial charge in [-0.3, -0.25) is 9.69 Å². The third-order valence-corrected chi connectivity index (χ3v) is 6.28. The molecule has 0 saturated carbocycles. The first-order valence-electron chi connectivity index (χ1n) is 11.3. The Morgan fingerprint density at radius 3 is 2.35 bits per heavy atom. The van der Waals surface area contributed by atoms with E-state index in [4.69, 9.17) is 0 Å². The minimum atomic E-state index is -0.868. The molecule has 7 heteroatoms. The molecule has 1 aliphatic rings. The van der Waals surface area contributed by atoms with E-state index in [-0.39, 0.29) is 17.8 Å². The second-order valence-corrected chi connectivity index (χ2v) is 8.68. The molecule has 0 aliphatic carbocycles. The average Bonchev–Trinajstić information content (AvgIpc) is 2.84. The van der Waals surface area contributed by atoms with Crippen LogP contribution in [0.3, 0.4) is 0 Å². The van der Waals surface area contributed by atoms with Crippen LogP contribution >= 0.6 is 0 Å². The second-order valence-electron chi connectivity index (χ2n) is 8.68. The van der Waals surface area contributed by atoms with Crippen molar-refractivity contribution in [2.24, 2.45) is 0 Å². The van der Waals surface area contributed by atoms with Crippen LogP contribution in [0, 0.1) is 5.82 Å². The van der Waals surface area contributed by atoms with Gasteiger partial charge in [-0.2, -0.15) is 0 Å². The molecule has 1 fully saturated rings. The zero-order valence-corrected chi connectivity index (χ0v) is 19.3. The Bertz CT molecular complexity index is 1160. The van der Waals surface area contributed by atoms with Crippen LogP contribution in [0.25, 0.3) is 11.1 Å². The highest BCUT2D eigenvalue weighted by atomic mass is 19.1. The normalized spacial score (nSPS) is 16.3. The number of halogens is 1. The van der Waals surface area contributed by atoms with Crippen molar-refractivity contribution in [3.63, 3.8) is 0 Å². The summed E-state index contributed by atoms with van der Waals surface area (Å²) >= 11 is 0. The molecule has 1 heterocycles. The second kappa shape index (κ2) is 10.1. The standard InChI is InChI=1S/C27H28FN3O3/c1-19-17-30(14-15-31(19)27(33)34)18-20-6-12-25(13-7-20)29(2)26(32)23-5-3-4-22(16-23)21-8-10-24(28)11-9-21/h3-13,16,19H,14-15,17-18H2,1-2H3,(H,33,34)/t19-/m0/s1. The molecule has 0 bridgehead atoms. The number of rotatable bonds is 5. The van der Waals surface area contributed by atoms with Gasteiger partial charge in [-0.1, -0.05) is 36.4 Å². The Morgan fingerprint density at radius 2 is 1.71 bits per heavy atom. The van der Waals surface area contributed by atoms with E-state index < -0.39 is 6.09 Å². The number of hydrogen-bond acceptors (Lipinski definition) is 3. The Morgan fingerprint density at radius 1 is 1.00 bits per heavy atom. The fourth-order valence-electron chi connectivity index (χ4n) is 4.33. The Hall–Kier alpha value is -3.71. The van der Waals surface area contributed by atoms with Crippen molar-refractivity contribution >= 4 is 17.7 Å². The van der Waals surface area contributed by atoms with Crippen LogP contribution in [-0.4, -0.2) is 59.6 Å². The van der Waals surface area contributed by atoms with Gasteiger partial charge in [-0.25, -0.2) is 9.18 Å². The molecule has 3 aromatic carbocycles. The fraction of sp³-hybridized carbons (Fsp3) is 0.259. The van der Waals surface area contributed by atoms with Crippen molar-refractivity contribution in [1.82, 2.24) is 9.80 Å². The lowest BCUT2D eigenvalue weighted by molar-refractivity contribution is 0.0711. The number of piperazine rings is 1. The van der Waals surface area contributed by atoms with Gasteiger partial charge in [0.05, 0.1) is 0 Å². The number of anilines is 1. The number of hydrogen-bond donors (Lipinski definition) is 1. The third kappa shape index (κ3) is 5.26. The van der Waals surface area contributed by atoms with Crippen LogP contribution in [0.5, 0.6) is 0 Å². The van der Waals surface area contributed by atoms with Crippen LogP contribution in [-0.2, 0) is 6.54 Å². The van der Waals surface area contributed by atoms with E-state index in [0.717, 1.165) is 28.9 Å². The fourth-order valence-corrected chi connectivity index (χ4v) is 4.33. The molecule has 1 saturated heterocycles. The van der Waals surface area contributed by atoms with Crippen LogP contribution in [0.2, 0.25) is 0 Å². The minimum absolute atomic E-state index is 0.0417. The molecule has 6 nitrogen and oxygen atoms in total. The van der Waals surface area contributed by atoms with Gasteiger partial charge >= 0.3 is 6.09 Å². The van der Waals surface area contributed by atoms with Crippen LogP contribution in [0.4, 0.5) is 14.9 Å². The molecular weight excluding hydrogens is 433 g/mol. The third-order valence-electron chi connectivity index (χ3n) is 6.28. The summed E-state index contributed by atoms with van der Waals surface area (Å²) in [7, 11) is 1.74. The van der Waals surface area contributed by atoms with Crippen molar-refractivity contribution in [1.29, 1.82) is 0 Å². The highest BCUT2D eigenvalue weighted by molar-refractivity contribution is 6.06. The number of carboxylic acid groups (broad SMARTS) is 1. The van der Waals surface area contributed by atoms with Gasteiger partial charge in [0, 0.05) is 50.5 Å². The summed E-state index contributed by atoms with van der Waals surface area (Å²) in [6.45, 7) is 4.55. The molecule has 34 heavy (non-hydrogen) atoms. The Balaban J connectivity index is 1.41. The van der Waals surface area contributed by atoms with E-state index in [1.807, 2.05) is 49.4 Å². The number of nitrogens with zero attached hydrogens (tertiary/aromatic N) is 3. The summed E-state index contributed by atoms with van der Waals surface area (Å²) < 4.78 is 13.2. The van der Waals surface area contributed by atoms with Crippen molar-refractivity contribution in [3.8, 4) is 11.1 Å². The number of benzene rings is 3. The first-order valence-corrected chi connectivity index (χ1v) is 11.3. The monoisotopic (exact) mass is 461 g/mol. The largest absolute Gasteiger partial charge is 0.465 e. The van der Waals surface area contributed by atoms with Crippen molar-refractivity contribution < 1.29 is 19.1 Å². The van der Waals surface area contributed by atoms with Gasteiger partial charge in [0.25, 0.3) is 5.91 Å². The molecule has 0 aromatic heterocycles. The molecule has 4 rings (SSSR count). The molecule has 2 amide bonds. The summed E-state index contributed by atoms with van der Waals surface area (Å²) in [6, 6.07) is 21.3. The quantitative estimate of drug-likeness (QED) is 0.584. The van der Waals surface area contributed by atoms with Gasteiger partial charge in [-0.15, -0.1) is 0 Å². The molecule has 0 spiro atoms. The summed E-state index contributed by atoms with van der Waals surface area (Å²) in [5.41, 5.74) is 4.15. The Kier molecular flexibility index (Phi) is 6.93. The number of carbonyl (C=O) groups excluding carboxylic acids is 1. The van der Waals surface area contributed by atoms with Crippen molar-refractivity contribution in [2.75, 3.05) is 31.6 Å². The zero-order valence-electron chi connectivity index (χ0n) is 19.3. The predicted molar refractivity (Wildman–Crippen MR) is 130 cm³/mol. The number of amides is 2. The van der Waals surface area contributed by atoms with E-state index in [1.165, 1.54) is 17.0 Å². The van der Waals surface area contributed by atoms with Gasteiger partial charge < -0.3 is 14.9 Å². The topological polar surface area (TPSA) is 64.1 Å². The van der Waals surface area contributed by atoms with Gasteiger partial charge in [0.15, 0.2) is 0 Å². The average molecular weight is 462 g/mol. The van der Waals surface area contributed by atoms with Crippen molar-refractivity contribution in [3.05, 3.63) is 89.7 Å². The SMILES string of the molecule is C[C@H]1CN(Cc2ccc(N(C)C(=O)c3cccc(-c4ccc(F)cc4)c3)cc2)CCN1C(=O)O. The summed E-state index contributed by atoms with van der Waals surface area (Å²) in [6.07, 6.45) is -0.868. The highest BCUT2D eigenvalue weighted by Gasteiger charge is 2.27. The van der Waals surface area contributed by atoms with Crippen LogP contribution < -0.4 is 4.90 Å². The van der Waals surface area contributed by atoms with Crippen molar-refractivity contribution in [2.45, 2.75) is 19.5 Å². The van der Waals surface area contributed by atoms with E-state index >= 15 is 0 Å². The predicted octanol–water partition coefficient (Wildman–Crippen LogP) is 4.95. The van der Waals surface area contributed by atoms with E-state index in [2.05, 4.69) is 4.90 Å². The molecule has 0 unspecified atom stereocenters. The Labute approximate surface area is 198 Å². The lowest BCUT2D eigenvalue weighted by atomic mass is 10.0. The maximum Gasteiger partial charge on any atom is 0.407 e. The van der Waals surface area contributed by atoms with Gasteiger partial charge in [-0.05, 0) is 60.0 Å². The van der Waals surface area contributed by atoms with Gasteiger partial charge in [0.2, 0.25) is 0 Å². The molecule has 3 aromatic rings. The van der Waals surface area contributed by atoms with Crippen LogP contribution in [0.1, 0.15) is 22.8 Å². The van der Waals surface area contributed by atoms with Crippen LogP contribution in [0.15, 0.2) is 72.8 Å². The van der Waals surface area contributed by atoms with E-state index in [1.54, 1.807) is 30.1 Å². The lowest BCUT2D eigenvalue weighted by Crippen LogP contribution is -2.53. The first kappa shape index (κ1) is 23.4. The maximum absolute atomic E-state index is 13.2. The summed E-state index contributed by atoms with van der Waals surface area (Å²) in [5.74, 6) is -0.425. The summed E-state index contributed by atoms with van der Waals surface area (Å²) in [5, 5.41) is 9.24.